The van der Waals surface area contributed by atoms with Crippen LogP contribution in [-0.2, 0) is 28.3 Å². The molecular weight excluding hydrogens is 580 g/mol. The number of nitrogens with zero attached hydrogens (tertiary/aromatic N) is 1. The van der Waals surface area contributed by atoms with Crippen molar-refractivity contribution in [2.45, 2.75) is 62.9 Å². The van der Waals surface area contributed by atoms with E-state index in [9.17, 15) is 9.59 Å². The van der Waals surface area contributed by atoms with Gasteiger partial charge in [-0.1, -0.05) is 101 Å². The van der Waals surface area contributed by atoms with Crippen molar-refractivity contribution in [1.82, 2.24) is 10.2 Å². The second-order valence-electron chi connectivity index (χ2n) is 9.82. The van der Waals surface area contributed by atoms with Crippen molar-refractivity contribution in [3.05, 3.63) is 105 Å². The van der Waals surface area contributed by atoms with E-state index in [1.165, 1.54) is 6.42 Å². The highest BCUT2D eigenvalue weighted by atomic mass is 79.9. The second kappa shape index (κ2) is 14.8. The van der Waals surface area contributed by atoms with Crippen molar-refractivity contribution >= 4 is 51.1 Å². The summed E-state index contributed by atoms with van der Waals surface area (Å²) in [5.74, 6) is 0.889. The van der Waals surface area contributed by atoms with Crippen LogP contribution < -0.4 is 5.32 Å². The second-order valence-corrected chi connectivity index (χ2v) is 12.2. The molecule has 0 spiro atoms. The molecule has 0 unspecified atom stereocenters. The molecule has 7 heteroatoms. The van der Waals surface area contributed by atoms with Crippen molar-refractivity contribution in [1.29, 1.82) is 0 Å². The van der Waals surface area contributed by atoms with Gasteiger partial charge in [0, 0.05) is 34.3 Å². The van der Waals surface area contributed by atoms with Gasteiger partial charge in [-0.2, -0.15) is 0 Å². The maximum absolute atomic E-state index is 13.8. The molecule has 4 rings (SSSR count). The highest BCUT2D eigenvalue weighted by molar-refractivity contribution is 9.10. The number of benzene rings is 3. The number of carbonyl (C=O) groups is 2. The van der Waals surface area contributed by atoms with E-state index in [1.807, 2.05) is 78.9 Å². The predicted octanol–water partition coefficient (Wildman–Crippen LogP) is 7.42. The Morgan fingerprint density at radius 1 is 0.921 bits per heavy atom. The van der Waals surface area contributed by atoms with Gasteiger partial charge in [-0.25, -0.2) is 0 Å². The van der Waals surface area contributed by atoms with Crippen LogP contribution in [0.15, 0.2) is 83.3 Å². The summed E-state index contributed by atoms with van der Waals surface area (Å²) >= 11 is 11.1. The van der Waals surface area contributed by atoms with E-state index in [2.05, 4.69) is 21.2 Å². The van der Waals surface area contributed by atoms with Crippen LogP contribution in [0.1, 0.15) is 48.8 Å². The number of carbonyl (C=O) groups excluding carboxylic acids is 2. The Hall–Kier alpha value is -2.28. The summed E-state index contributed by atoms with van der Waals surface area (Å²) in [6, 6.07) is 25.2. The van der Waals surface area contributed by atoms with Gasteiger partial charge in [0.15, 0.2) is 0 Å². The number of amides is 2. The quantitative estimate of drug-likeness (QED) is 0.245. The van der Waals surface area contributed by atoms with Crippen molar-refractivity contribution < 1.29 is 9.59 Å². The minimum atomic E-state index is -0.595. The van der Waals surface area contributed by atoms with Crippen LogP contribution in [0.5, 0.6) is 0 Å². The summed E-state index contributed by atoms with van der Waals surface area (Å²) in [6.45, 7) is 0.370. The van der Waals surface area contributed by atoms with E-state index < -0.39 is 6.04 Å². The van der Waals surface area contributed by atoms with Crippen LogP contribution in [0.25, 0.3) is 0 Å². The zero-order valence-electron chi connectivity index (χ0n) is 21.5. The van der Waals surface area contributed by atoms with E-state index in [0.717, 1.165) is 46.8 Å². The van der Waals surface area contributed by atoms with E-state index >= 15 is 0 Å². The van der Waals surface area contributed by atoms with Crippen LogP contribution in [0, 0.1) is 0 Å². The lowest BCUT2D eigenvalue weighted by Gasteiger charge is -2.33. The molecule has 1 aliphatic rings. The molecule has 0 aliphatic heterocycles. The molecule has 1 saturated carbocycles. The number of hydrogen-bond donors (Lipinski definition) is 1. The monoisotopic (exact) mass is 612 g/mol. The van der Waals surface area contributed by atoms with Gasteiger partial charge in [0.1, 0.15) is 6.04 Å². The molecule has 3 aromatic carbocycles. The van der Waals surface area contributed by atoms with Gasteiger partial charge in [0.25, 0.3) is 0 Å². The zero-order valence-corrected chi connectivity index (χ0v) is 24.6. The topological polar surface area (TPSA) is 49.4 Å². The molecule has 0 bridgehead atoms. The molecule has 1 N–H and O–H groups in total. The fourth-order valence-corrected chi connectivity index (χ4v) is 6.29. The first kappa shape index (κ1) is 28.7. The van der Waals surface area contributed by atoms with E-state index in [1.54, 1.807) is 16.7 Å². The highest BCUT2D eigenvalue weighted by Gasteiger charge is 2.31. The molecule has 0 aromatic heterocycles. The van der Waals surface area contributed by atoms with Gasteiger partial charge >= 0.3 is 0 Å². The molecule has 2 amide bonds. The lowest BCUT2D eigenvalue weighted by Crippen LogP contribution is -2.53. The summed E-state index contributed by atoms with van der Waals surface area (Å²) in [4.78, 5) is 29.4. The minimum Gasteiger partial charge on any atom is -0.352 e. The van der Waals surface area contributed by atoms with Crippen LogP contribution in [0.3, 0.4) is 0 Å². The van der Waals surface area contributed by atoms with Gasteiger partial charge in [-0.15, -0.1) is 11.8 Å². The van der Waals surface area contributed by atoms with Gasteiger partial charge in [-0.05, 0) is 53.8 Å². The van der Waals surface area contributed by atoms with E-state index in [0.29, 0.717) is 29.5 Å². The zero-order chi connectivity index (χ0) is 26.7. The first-order valence-corrected chi connectivity index (χ1v) is 15.5. The summed E-state index contributed by atoms with van der Waals surface area (Å²) in [7, 11) is 0. The average Bonchev–Trinajstić information content (AvgIpc) is 2.93. The van der Waals surface area contributed by atoms with Crippen molar-refractivity contribution in [3.8, 4) is 0 Å². The molecule has 1 aliphatic carbocycles. The largest absolute Gasteiger partial charge is 0.352 e. The molecule has 0 saturated heterocycles. The summed E-state index contributed by atoms with van der Waals surface area (Å²) < 4.78 is 0.950. The summed E-state index contributed by atoms with van der Waals surface area (Å²) in [5, 5.41) is 3.99. The average molecular weight is 614 g/mol. The predicted molar refractivity (Wildman–Crippen MR) is 161 cm³/mol. The van der Waals surface area contributed by atoms with Gasteiger partial charge in [0.05, 0.1) is 5.75 Å². The Morgan fingerprint density at radius 2 is 1.63 bits per heavy atom. The molecule has 1 atom stereocenters. The number of nitrogens with one attached hydrogen (secondary N) is 1. The van der Waals surface area contributed by atoms with Crippen LogP contribution in [0.2, 0.25) is 5.02 Å². The third-order valence-corrected chi connectivity index (χ3v) is 8.61. The van der Waals surface area contributed by atoms with E-state index in [-0.39, 0.29) is 17.9 Å². The molecule has 200 valence electrons. The maximum Gasteiger partial charge on any atom is 0.243 e. The van der Waals surface area contributed by atoms with Gasteiger partial charge < -0.3 is 10.2 Å². The smallest absolute Gasteiger partial charge is 0.243 e. The number of halogens is 2. The molecule has 38 heavy (non-hydrogen) atoms. The first-order chi connectivity index (χ1) is 18.5. The fourth-order valence-electron chi connectivity index (χ4n) is 4.85. The Kier molecular flexibility index (Phi) is 11.2. The molecule has 0 radical (unpaired) electrons. The van der Waals surface area contributed by atoms with Crippen LogP contribution >= 0.6 is 39.3 Å². The van der Waals surface area contributed by atoms with Gasteiger partial charge in [0.2, 0.25) is 11.8 Å². The lowest BCUT2D eigenvalue weighted by atomic mass is 9.94. The van der Waals surface area contributed by atoms with E-state index in [4.69, 9.17) is 11.6 Å². The number of hydrogen-bond acceptors (Lipinski definition) is 3. The SMILES string of the molecule is O=C(NC1CCCCC1)[C@@H](Cc1ccccc1)N(Cc1cccc(Br)c1)C(=O)CSCc1ccc(Cl)cc1. The molecule has 1 fully saturated rings. The first-order valence-electron chi connectivity index (χ1n) is 13.2. The minimum absolute atomic E-state index is 0.0383. The highest BCUT2D eigenvalue weighted by Crippen LogP contribution is 2.22. The third kappa shape index (κ3) is 8.89. The van der Waals surface area contributed by atoms with Crippen molar-refractivity contribution in [2.75, 3.05) is 5.75 Å². The Labute approximate surface area is 243 Å². The number of rotatable bonds is 11. The standard InChI is InChI=1S/C31H34BrClN2O2S/c32-26-11-7-10-25(18-26)20-35(30(36)22-38-21-24-14-16-27(33)17-15-24)29(19-23-8-3-1-4-9-23)31(37)34-28-12-5-2-6-13-28/h1,3-4,7-11,14-18,28-29H,2,5-6,12-13,19-22H2,(H,34,37)/t29-/m1/s1. The maximum atomic E-state index is 13.8. The summed E-state index contributed by atoms with van der Waals surface area (Å²) in [6.07, 6.45) is 5.96. The van der Waals surface area contributed by atoms with Crippen molar-refractivity contribution in [2.24, 2.45) is 0 Å². The Morgan fingerprint density at radius 3 is 2.34 bits per heavy atom. The summed E-state index contributed by atoms with van der Waals surface area (Å²) in [5.41, 5.74) is 3.14. The Balaban J connectivity index is 1.56. The van der Waals surface area contributed by atoms with Crippen molar-refractivity contribution in [3.63, 3.8) is 0 Å². The normalized spacial score (nSPS) is 14.6. The third-order valence-electron chi connectivity index (χ3n) is 6.87. The molecular formula is C31H34BrClN2O2S. The molecule has 0 heterocycles. The fraction of sp³-hybridized carbons (Fsp3) is 0.355. The number of thioether (sulfide) groups is 1. The lowest BCUT2D eigenvalue weighted by molar-refractivity contribution is -0.139. The molecule has 3 aromatic rings. The van der Waals surface area contributed by atoms with Crippen LogP contribution in [-0.4, -0.2) is 34.6 Å². The molecule has 4 nitrogen and oxygen atoms in total. The Bertz CT molecular complexity index is 1190. The van der Waals surface area contributed by atoms with Gasteiger partial charge in [-0.3, -0.25) is 9.59 Å². The van der Waals surface area contributed by atoms with Crippen LogP contribution in [0.4, 0.5) is 0 Å².